The van der Waals surface area contributed by atoms with E-state index in [4.69, 9.17) is 22.3 Å². The number of rotatable bonds is 3. The van der Waals surface area contributed by atoms with Gasteiger partial charge in [-0.2, -0.15) is 13.2 Å². The lowest BCUT2D eigenvalue weighted by molar-refractivity contribution is -0.199. The highest BCUT2D eigenvalue weighted by Gasteiger charge is 2.41. The van der Waals surface area contributed by atoms with Crippen molar-refractivity contribution in [3.05, 3.63) is 46.1 Å². The molecule has 28 heavy (non-hydrogen) atoms. The first-order valence-corrected chi connectivity index (χ1v) is 9.41. The number of pyridine rings is 1. The molecule has 2 N–H and O–H groups in total. The highest BCUT2D eigenvalue weighted by atomic mass is 35.5. The molecule has 1 heterocycles. The van der Waals surface area contributed by atoms with Crippen molar-refractivity contribution in [3.63, 3.8) is 0 Å². The van der Waals surface area contributed by atoms with Crippen LogP contribution < -0.4 is 5.73 Å². The number of nitrogens with zero attached hydrogens (tertiary/aromatic N) is 1. The number of ether oxygens (including phenoxy) is 1. The fourth-order valence-corrected chi connectivity index (χ4v) is 4.50. The maximum Gasteiger partial charge on any atom is 0.490 e. The Bertz CT molecular complexity index is 988. The Balaban J connectivity index is 1.54. The number of hydrogen-bond donors (Lipinski definition) is 1. The molecule has 0 fully saturated rings. The van der Waals surface area contributed by atoms with Crippen LogP contribution in [0, 0.1) is 5.92 Å². The number of benzene rings is 1. The van der Waals surface area contributed by atoms with Crippen LogP contribution in [0.3, 0.4) is 0 Å². The summed E-state index contributed by atoms with van der Waals surface area (Å²) in [7, 11) is 0. The number of carbonyl (C=O) groups excluding carboxylic acids is 1. The minimum Gasteiger partial charge on any atom is -0.459 e. The summed E-state index contributed by atoms with van der Waals surface area (Å²) >= 11 is 6.07. The molecule has 2 bridgehead atoms. The summed E-state index contributed by atoms with van der Waals surface area (Å²) in [6.45, 7) is -0.277. The zero-order valence-electron chi connectivity index (χ0n) is 14.9. The normalized spacial score (nSPS) is 21.2. The van der Waals surface area contributed by atoms with Crippen molar-refractivity contribution in [1.82, 2.24) is 4.98 Å². The van der Waals surface area contributed by atoms with E-state index in [1.54, 1.807) is 12.1 Å². The predicted molar refractivity (Wildman–Crippen MR) is 100 cm³/mol. The van der Waals surface area contributed by atoms with Gasteiger partial charge in [-0.1, -0.05) is 23.3 Å². The minimum atomic E-state index is -4.96. The molecule has 0 saturated heterocycles. The Kier molecular flexibility index (Phi) is 4.73. The first kappa shape index (κ1) is 19.1. The van der Waals surface area contributed by atoms with E-state index in [9.17, 15) is 18.0 Å². The second kappa shape index (κ2) is 6.95. The van der Waals surface area contributed by atoms with Gasteiger partial charge in [-0.3, -0.25) is 4.98 Å². The number of allylic oxidation sites excluding steroid dienone is 1. The molecule has 2 atom stereocenters. The quantitative estimate of drug-likeness (QED) is 0.574. The maximum atomic E-state index is 12.2. The molecule has 2 aliphatic rings. The molecule has 2 aromatic rings. The van der Waals surface area contributed by atoms with E-state index < -0.39 is 12.1 Å². The van der Waals surface area contributed by atoms with E-state index in [0.29, 0.717) is 23.6 Å². The summed E-state index contributed by atoms with van der Waals surface area (Å²) in [5.41, 5.74) is 10.9. The summed E-state index contributed by atoms with van der Waals surface area (Å²) in [5, 5.41) is 1.46. The Morgan fingerprint density at radius 3 is 2.86 bits per heavy atom. The fraction of sp³-hybridized carbons (Fsp3) is 0.400. The molecule has 4 nitrogen and oxygen atoms in total. The van der Waals surface area contributed by atoms with Crippen molar-refractivity contribution in [2.24, 2.45) is 5.92 Å². The number of carbonyl (C=O) groups is 1. The predicted octanol–water partition coefficient (Wildman–Crippen LogP) is 4.94. The topological polar surface area (TPSA) is 65.2 Å². The van der Waals surface area contributed by atoms with Crippen LogP contribution in [-0.2, 0) is 16.0 Å². The van der Waals surface area contributed by atoms with Crippen LogP contribution in [0.1, 0.15) is 36.4 Å². The van der Waals surface area contributed by atoms with E-state index in [0.717, 1.165) is 40.6 Å². The van der Waals surface area contributed by atoms with Gasteiger partial charge in [-0.25, -0.2) is 4.79 Å². The Labute approximate surface area is 164 Å². The summed E-state index contributed by atoms with van der Waals surface area (Å²) < 4.78 is 41.1. The van der Waals surface area contributed by atoms with Gasteiger partial charge in [-0.15, -0.1) is 0 Å². The van der Waals surface area contributed by atoms with Gasteiger partial charge in [0.25, 0.3) is 0 Å². The third-order valence-corrected chi connectivity index (χ3v) is 5.66. The van der Waals surface area contributed by atoms with E-state index in [-0.39, 0.29) is 18.4 Å². The number of halogens is 4. The van der Waals surface area contributed by atoms with Gasteiger partial charge < -0.3 is 10.5 Å². The number of esters is 1. The van der Waals surface area contributed by atoms with Gasteiger partial charge in [0.1, 0.15) is 0 Å². The first-order chi connectivity index (χ1) is 13.2. The van der Waals surface area contributed by atoms with E-state index in [1.165, 1.54) is 0 Å². The van der Waals surface area contributed by atoms with E-state index in [2.05, 4.69) is 10.8 Å². The Hall–Kier alpha value is -2.28. The zero-order valence-corrected chi connectivity index (χ0v) is 15.6. The number of nitrogens with two attached hydrogens (primary N) is 1. The molecule has 0 saturated carbocycles. The van der Waals surface area contributed by atoms with Crippen molar-refractivity contribution < 1.29 is 22.7 Å². The number of hydrogen-bond acceptors (Lipinski definition) is 4. The van der Waals surface area contributed by atoms with Gasteiger partial charge >= 0.3 is 12.1 Å². The molecule has 4 rings (SSSR count). The van der Waals surface area contributed by atoms with Gasteiger partial charge in [-0.05, 0) is 49.3 Å². The van der Waals surface area contributed by atoms with Crippen molar-refractivity contribution in [1.29, 1.82) is 0 Å². The summed E-state index contributed by atoms with van der Waals surface area (Å²) in [4.78, 5) is 15.6. The molecule has 0 spiro atoms. The number of aromatic nitrogens is 1. The van der Waals surface area contributed by atoms with Crippen LogP contribution in [0.2, 0.25) is 5.02 Å². The number of anilines is 1. The molecule has 1 aromatic heterocycles. The fourth-order valence-electron chi connectivity index (χ4n) is 4.33. The first-order valence-electron chi connectivity index (χ1n) is 9.03. The lowest BCUT2D eigenvalue weighted by Gasteiger charge is -2.36. The third kappa shape index (κ3) is 3.55. The molecular formula is C20H18ClF3N2O2. The molecule has 148 valence electrons. The molecule has 0 amide bonds. The zero-order chi connectivity index (χ0) is 20.1. The van der Waals surface area contributed by atoms with Crippen molar-refractivity contribution in [3.8, 4) is 0 Å². The van der Waals surface area contributed by atoms with Crippen molar-refractivity contribution >= 4 is 34.2 Å². The Morgan fingerprint density at radius 1 is 1.32 bits per heavy atom. The third-order valence-electron chi connectivity index (χ3n) is 5.43. The summed E-state index contributed by atoms with van der Waals surface area (Å²) in [6, 6.07) is 5.44. The van der Waals surface area contributed by atoms with E-state index in [1.807, 2.05) is 6.07 Å². The highest BCUT2D eigenvalue weighted by molar-refractivity contribution is 6.31. The summed E-state index contributed by atoms with van der Waals surface area (Å²) in [5.74, 6) is -1.73. The number of alkyl halides is 3. The second-order valence-electron chi connectivity index (χ2n) is 7.36. The molecule has 1 aromatic carbocycles. The lowest BCUT2D eigenvalue weighted by Crippen LogP contribution is -2.27. The van der Waals surface area contributed by atoms with Gasteiger partial charge in [0.15, 0.2) is 0 Å². The molecule has 8 heteroatoms. The number of nitrogen functional groups attached to an aromatic ring is 1. The Morgan fingerprint density at radius 2 is 2.11 bits per heavy atom. The van der Waals surface area contributed by atoms with Crippen molar-refractivity contribution in [2.45, 2.75) is 37.8 Å². The van der Waals surface area contributed by atoms with E-state index >= 15 is 0 Å². The second-order valence-corrected chi connectivity index (χ2v) is 7.79. The van der Waals surface area contributed by atoms with Crippen LogP contribution >= 0.6 is 11.6 Å². The van der Waals surface area contributed by atoms with Gasteiger partial charge in [0.2, 0.25) is 0 Å². The largest absolute Gasteiger partial charge is 0.490 e. The molecule has 0 radical (unpaired) electrons. The van der Waals surface area contributed by atoms with Crippen molar-refractivity contribution in [2.75, 3.05) is 12.3 Å². The average molecular weight is 411 g/mol. The van der Waals surface area contributed by atoms with Crippen LogP contribution in [0.25, 0.3) is 10.9 Å². The molecule has 2 unspecified atom stereocenters. The van der Waals surface area contributed by atoms with Gasteiger partial charge in [0.05, 0.1) is 12.1 Å². The molecule has 0 aliphatic heterocycles. The maximum absolute atomic E-state index is 12.2. The van der Waals surface area contributed by atoms with Gasteiger partial charge in [0, 0.05) is 33.8 Å². The SMILES string of the molecule is Nc1c2c(nc3cc(Cl)ccc13)CC1C=C(CCOC(=O)C(F)(F)F)CC2C1. The van der Waals surface area contributed by atoms with Crippen LogP contribution in [0.4, 0.5) is 18.9 Å². The van der Waals surface area contributed by atoms with Crippen LogP contribution in [-0.4, -0.2) is 23.7 Å². The molecule has 2 aliphatic carbocycles. The number of fused-ring (bicyclic) bond motifs is 5. The highest BCUT2D eigenvalue weighted by Crippen LogP contribution is 2.47. The lowest BCUT2D eigenvalue weighted by atomic mass is 9.70. The average Bonchev–Trinajstić information content (AvgIpc) is 2.60. The molecular weight excluding hydrogens is 393 g/mol. The van der Waals surface area contributed by atoms with Crippen LogP contribution in [0.15, 0.2) is 29.8 Å². The summed E-state index contributed by atoms with van der Waals surface area (Å²) in [6.07, 6.45) is -0.242. The smallest absolute Gasteiger partial charge is 0.459 e. The standard InChI is InChI=1S/C20H18ClF3N2O2/c21-13-1-2-14-15(9-13)26-16-8-11-5-10(3-4-28-19(27)20(22,23)24)6-12(7-11)17(16)18(14)25/h1-2,5,9,11-12H,3-4,6-8H2,(H2,25,26). The minimum absolute atomic E-state index is 0.166. The monoisotopic (exact) mass is 410 g/mol. The van der Waals surface area contributed by atoms with Crippen LogP contribution in [0.5, 0.6) is 0 Å².